The minimum atomic E-state index is -3.98. The summed E-state index contributed by atoms with van der Waals surface area (Å²) in [7, 11) is -5.72. The Labute approximate surface area is 187 Å². The van der Waals surface area contributed by atoms with Crippen LogP contribution < -0.4 is 9.05 Å². The van der Waals surface area contributed by atoms with Crippen molar-refractivity contribution in [1.82, 2.24) is 0 Å². The minimum Gasteiger partial charge on any atom is -0.390 e. The van der Waals surface area contributed by atoms with E-state index in [1.165, 1.54) is 5.20 Å². The average Bonchev–Trinajstić information content (AvgIpc) is 3.01. The van der Waals surface area contributed by atoms with Gasteiger partial charge in [0.15, 0.2) is 0 Å². The number of para-hydroxylation sites is 2. The second kappa shape index (κ2) is 7.56. The van der Waals surface area contributed by atoms with Crippen LogP contribution >= 0.6 is 7.82 Å². The van der Waals surface area contributed by atoms with Gasteiger partial charge in [-0.2, -0.15) is 4.57 Å². The fraction of sp³-hybridized carbons (Fsp3) is 0.440. The first-order chi connectivity index (χ1) is 14.5. The molecule has 2 aromatic rings. The number of fused-ring (bicyclic) bond motifs is 2. The van der Waals surface area contributed by atoms with Gasteiger partial charge in [0.1, 0.15) is 17.3 Å². The van der Waals surface area contributed by atoms with E-state index in [4.69, 9.17) is 13.6 Å². The normalized spacial score (nSPS) is 24.9. The van der Waals surface area contributed by atoms with Crippen LogP contribution in [-0.2, 0) is 9.09 Å². The lowest BCUT2D eigenvalue weighted by molar-refractivity contribution is 0.117. The van der Waals surface area contributed by atoms with Gasteiger partial charge in [-0.25, -0.2) is 0 Å². The Morgan fingerprint density at radius 3 is 1.77 bits per heavy atom. The first kappa shape index (κ1) is 22.2. The highest BCUT2D eigenvalue weighted by Crippen LogP contribution is 2.71. The Hall–Kier alpha value is -1.97. The van der Waals surface area contributed by atoms with Crippen molar-refractivity contribution in [2.45, 2.75) is 53.3 Å². The zero-order valence-corrected chi connectivity index (χ0v) is 21.2. The van der Waals surface area contributed by atoms with Crippen molar-refractivity contribution in [3.05, 3.63) is 71.6 Å². The molecule has 0 aliphatic heterocycles. The Morgan fingerprint density at radius 2 is 1.32 bits per heavy atom. The van der Waals surface area contributed by atoms with Crippen LogP contribution in [0.5, 0.6) is 11.5 Å². The fourth-order valence-electron chi connectivity index (χ4n) is 5.27. The van der Waals surface area contributed by atoms with Crippen LogP contribution in [0.15, 0.2) is 71.6 Å². The van der Waals surface area contributed by atoms with Gasteiger partial charge < -0.3 is 13.6 Å². The van der Waals surface area contributed by atoms with Crippen LogP contribution in [0, 0.1) is 16.7 Å². The predicted octanol–water partition coefficient (Wildman–Crippen LogP) is 7.86. The third-order valence-corrected chi connectivity index (χ3v) is 10.7. The molecule has 4 nitrogen and oxygen atoms in total. The van der Waals surface area contributed by atoms with Gasteiger partial charge in [0.25, 0.3) is 0 Å². The summed E-state index contributed by atoms with van der Waals surface area (Å²) in [5.74, 6) is 2.22. The SMILES string of the molecule is CC1(C)[C@@H]2CC[C@@]1(C)C(OP(=O)(Oc1ccccc1)Oc1ccccc1)=C2[Si](C)(C)C. The quantitative estimate of drug-likeness (QED) is 0.314. The molecule has 0 radical (unpaired) electrons. The summed E-state index contributed by atoms with van der Waals surface area (Å²) in [5, 5.41) is 1.37. The lowest BCUT2D eigenvalue weighted by Crippen LogP contribution is -2.32. The van der Waals surface area contributed by atoms with E-state index in [1.54, 1.807) is 24.3 Å². The van der Waals surface area contributed by atoms with E-state index >= 15 is 0 Å². The number of allylic oxidation sites excluding steroid dienone is 2. The number of benzene rings is 2. The molecule has 1 fully saturated rings. The van der Waals surface area contributed by atoms with Crippen molar-refractivity contribution in [3.8, 4) is 11.5 Å². The molecule has 2 aliphatic carbocycles. The molecular formula is C25H33O4PSi. The van der Waals surface area contributed by atoms with Gasteiger partial charge in [0, 0.05) is 5.41 Å². The fourth-order valence-corrected chi connectivity index (χ4v) is 9.31. The number of rotatable bonds is 7. The van der Waals surface area contributed by atoms with Gasteiger partial charge in [-0.3, -0.25) is 0 Å². The zero-order valence-electron chi connectivity index (χ0n) is 19.3. The van der Waals surface area contributed by atoms with E-state index in [2.05, 4.69) is 40.4 Å². The van der Waals surface area contributed by atoms with E-state index in [0.717, 1.165) is 18.6 Å². The third-order valence-electron chi connectivity index (χ3n) is 7.25. The minimum absolute atomic E-state index is 0.0439. The largest absolute Gasteiger partial charge is 0.646 e. The number of hydrogen-bond donors (Lipinski definition) is 0. The number of hydrogen-bond acceptors (Lipinski definition) is 4. The maximum absolute atomic E-state index is 14.1. The van der Waals surface area contributed by atoms with Gasteiger partial charge in [0.05, 0.1) is 8.07 Å². The van der Waals surface area contributed by atoms with Gasteiger partial charge in [-0.05, 0) is 53.6 Å². The molecule has 2 atom stereocenters. The van der Waals surface area contributed by atoms with Gasteiger partial charge in [-0.1, -0.05) is 76.8 Å². The molecule has 0 spiro atoms. The van der Waals surface area contributed by atoms with Crippen LogP contribution in [0.3, 0.4) is 0 Å². The number of phosphoric acid groups is 1. The van der Waals surface area contributed by atoms with Crippen molar-refractivity contribution in [2.75, 3.05) is 0 Å². The lowest BCUT2D eigenvalue weighted by Gasteiger charge is -2.37. The molecule has 2 aromatic carbocycles. The van der Waals surface area contributed by atoms with Gasteiger partial charge in [0.2, 0.25) is 0 Å². The maximum Gasteiger partial charge on any atom is 0.646 e. The maximum atomic E-state index is 14.1. The highest BCUT2D eigenvalue weighted by Gasteiger charge is 2.64. The van der Waals surface area contributed by atoms with Crippen LogP contribution in [-0.4, -0.2) is 8.07 Å². The topological polar surface area (TPSA) is 44.8 Å². The molecular weight excluding hydrogens is 423 g/mol. The van der Waals surface area contributed by atoms with E-state index in [0.29, 0.717) is 17.4 Å². The highest BCUT2D eigenvalue weighted by atomic mass is 31.2. The van der Waals surface area contributed by atoms with Gasteiger partial charge in [-0.15, -0.1) is 0 Å². The van der Waals surface area contributed by atoms with Gasteiger partial charge >= 0.3 is 7.82 Å². The molecule has 0 N–H and O–H groups in total. The van der Waals surface area contributed by atoms with Crippen molar-refractivity contribution in [2.24, 2.45) is 16.7 Å². The average molecular weight is 457 g/mol. The summed E-state index contributed by atoms with van der Waals surface area (Å²) in [6.07, 6.45) is 2.17. The summed E-state index contributed by atoms with van der Waals surface area (Å²) < 4.78 is 32.5. The molecule has 0 unspecified atom stereocenters. The Balaban J connectivity index is 1.78. The second-order valence-corrected chi connectivity index (χ2v) is 17.0. The summed E-state index contributed by atoms with van der Waals surface area (Å²) in [5.41, 5.74) is -0.148. The van der Waals surface area contributed by atoms with Crippen LogP contribution in [0.4, 0.5) is 0 Å². The molecule has 0 amide bonds. The van der Waals surface area contributed by atoms with Crippen molar-refractivity contribution < 1.29 is 18.1 Å². The molecule has 0 heterocycles. The molecule has 2 aliphatic rings. The molecule has 1 saturated carbocycles. The van der Waals surface area contributed by atoms with E-state index in [-0.39, 0.29) is 10.8 Å². The van der Waals surface area contributed by atoms with E-state index in [1.807, 2.05) is 36.4 Å². The summed E-state index contributed by atoms with van der Waals surface area (Å²) in [6.45, 7) is 13.9. The molecule has 2 bridgehead atoms. The standard InChI is InChI=1S/C25H33O4PSi/c1-24(2)21-17-18-25(24,3)23(22(21)31(4,5)6)29-30(26,27-19-13-9-7-10-14-19)28-20-15-11-8-12-16-20/h7-16,21H,17-18H2,1-6H3/t21-,25+/m1/s1. The third kappa shape index (κ3) is 3.87. The molecule has 4 rings (SSSR count). The van der Waals surface area contributed by atoms with E-state index in [9.17, 15) is 4.57 Å². The van der Waals surface area contributed by atoms with Crippen LogP contribution in [0.1, 0.15) is 33.6 Å². The summed E-state index contributed by atoms with van der Waals surface area (Å²) >= 11 is 0. The molecule has 166 valence electrons. The number of phosphoric ester groups is 1. The molecule has 6 heteroatoms. The first-order valence-electron chi connectivity index (χ1n) is 11.0. The smallest absolute Gasteiger partial charge is 0.390 e. The lowest BCUT2D eigenvalue weighted by atomic mass is 9.70. The van der Waals surface area contributed by atoms with Crippen molar-refractivity contribution >= 4 is 15.9 Å². The predicted molar refractivity (Wildman–Crippen MR) is 128 cm³/mol. The van der Waals surface area contributed by atoms with E-state index < -0.39 is 15.9 Å². The zero-order chi connectivity index (χ0) is 22.5. The Kier molecular flexibility index (Phi) is 5.42. The Morgan fingerprint density at radius 1 is 0.839 bits per heavy atom. The van der Waals surface area contributed by atoms with Crippen LogP contribution in [0.25, 0.3) is 0 Å². The Bertz CT molecular complexity index is 981. The first-order valence-corrected chi connectivity index (χ1v) is 16.0. The molecule has 0 aromatic heterocycles. The molecule has 0 saturated heterocycles. The van der Waals surface area contributed by atoms with Crippen molar-refractivity contribution in [3.63, 3.8) is 0 Å². The highest BCUT2D eigenvalue weighted by molar-refractivity contribution is 7.49. The molecule has 31 heavy (non-hydrogen) atoms. The van der Waals surface area contributed by atoms with Crippen LogP contribution in [0.2, 0.25) is 19.6 Å². The summed E-state index contributed by atoms with van der Waals surface area (Å²) in [4.78, 5) is 0. The monoisotopic (exact) mass is 456 g/mol. The summed E-state index contributed by atoms with van der Waals surface area (Å²) in [6, 6.07) is 18.2. The van der Waals surface area contributed by atoms with Crippen molar-refractivity contribution in [1.29, 1.82) is 0 Å². The second-order valence-electron chi connectivity index (χ2n) is 10.5.